The van der Waals surface area contributed by atoms with E-state index in [1.54, 1.807) is 0 Å². The fourth-order valence-corrected chi connectivity index (χ4v) is 4.70. The normalized spacial score (nSPS) is 36.2. The fraction of sp³-hybridized carbons (Fsp3) is 1.00. The van der Waals surface area contributed by atoms with Gasteiger partial charge in [-0.1, -0.05) is 26.7 Å². The van der Waals surface area contributed by atoms with Crippen LogP contribution in [0.25, 0.3) is 0 Å². The molecular formula is C13H25NS. The molecule has 0 spiro atoms. The highest BCUT2D eigenvalue weighted by atomic mass is 32.2. The first-order chi connectivity index (χ1) is 7.09. The maximum Gasteiger partial charge on any atom is 0.0211 e. The first-order valence-electron chi connectivity index (χ1n) is 6.47. The maximum atomic E-state index is 6.32. The molecule has 2 atom stereocenters. The molecule has 2 fully saturated rings. The molecule has 2 saturated carbocycles. The lowest BCUT2D eigenvalue weighted by Crippen LogP contribution is -2.38. The minimum Gasteiger partial charge on any atom is -0.326 e. The second-order valence-corrected chi connectivity index (χ2v) is 7.35. The van der Waals surface area contributed by atoms with Gasteiger partial charge in [0.2, 0.25) is 0 Å². The molecule has 0 aromatic rings. The first kappa shape index (κ1) is 11.8. The molecule has 15 heavy (non-hydrogen) atoms. The first-order valence-corrected chi connectivity index (χ1v) is 7.52. The Morgan fingerprint density at radius 3 is 2.40 bits per heavy atom. The van der Waals surface area contributed by atoms with E-state index in [1.807, 2.05) is 0 Å². The van der Waals surface area contributed by atoms with Crippen LogP contribution in [0, 0.1) is 11.3 Å². The van der Waals surface area contributed by atoms with Crippen molar-refractivity contribution in [2.24, 2.45) is 17.1 Å². The van der Waals surface area contributed by atoms with Crippen LogP contribution in [0.3, 0.4) is 0 Å². The molecule has 88 valence electrons. The van der Waals surface area contributed by atoms with E-state index in [0.717, 1.165) is 11.2 Å². The zero-order valence-corrected chi connectivity index (χ0v) is 11.0. The lowest BCUT2D eigenvalue weighted by atomic mass is 9.88. The molecule has 2 aliphatic carbocycles. The van der Waals surface area contributed by atoms with Crippen molar-refractivity contribution in [2.75, 3.05) is 5.75 Å². The van der Waals surface area contributed by atoms with Crippen LogP contribution in [0.2, 0.25) is 0 Å². The average Bonchev–Trinajstić information content (AvgIpc) is 2.76. The van der Waals surface area contributed by atoms with Crippen LogP contribution < -0.4 is 5.73 Å². The molecule has 0 aromatic carbocycles. The molecule has 2 N–H and O–H groups in total. The number of hydrogen-bond acceptors (Lipinski definition) is 2. The number of nitrogens with two attached hydrogens (primary N) is 1. The Bertz CT molecular complexity index is 209. The summed E-state index contributed by atoms with van der Waals surface area (Å²) >= 11 is 2.17. The van der Waals surface area contributed by atoms with Crippen LogP contribution in [0.4, 0.5) is 0 Å². The Balaban J connectivity index is 1.75. The molecule has 0 saturated heterocycles. The second-order valence-electron chi connectivity index (χ2n) is 6.08. The quantitative estimate of drug-likeness (QED) is 0.799. The van der Waals surface area contributed by atoms with Crippen molar-refractivity contribution in [2.45, 2.75) is 63.7 Å². The van der Waals surface area contributed by atoms with E-state index in [2.05, 4.69) is 25.6 Å². The largest absolute Gasteiger partial charge is 0.326 e. The van der Waals surface area contributed by atoms with E-state index in [1.165, 1.54) is 44.3 Å². The molecule has 1 nitrogen and oxygen atoms in total. The third-order valence-corrected chi connectivity index (χ3v) is 6.02. The van der Waals surface area contributed by atoms with Gasteiger partial charge in [0.25, 0.3) is 0 Å². The predicted octanol–water partition coefficient (Wildman–Crippen LogP) is 3.43. The van der Waals surface area contributed by atoms with E-state index in [4.69, 9.17) is 5.73 Å². The molecule has 0 radical (unpaired) electrons. The van der Waals surface area contributed by atoms with E-state index in [-0.39, 0.29) is 0 Å². The van der Waals surface area contributed by atoms with Gasteiger partial charge in [-0.2, -0.15) is 11.8 Å². The van der Waals surface area contributed by atoms with Crippen molar-refractivity contribution >= 4 is 11.8 Å². The lowest BCUT2D eigenvalue weighted by Gasteiger charge is -2.27. The van der Waals surface area contributed by atoms with Crippen LogP contribution in [-0.2, 0) is 0 Å². The summed E-state index contributed by atoms with van der Waals surface area (Å²) in [6.45, 7) is 4.65. The molecule has 0 aromatic heterocycles. The summed E-state index contributed by atoms with van der Waals surface area (Å²) in [7, 11) is 0. The van der Waals surface area contributed by atoms with E-state index >= 15 is 0 Å². The SMILES string of the molecule is CC1(C)CCC(SCC2CCCC2)C1N. The highest BCUT2D eigenvalue weighted by Gasteiger charge is 2.39. The second kappa shape index (κ2) is 4.67. The van der Waals surface area contributed by atoms with Crippen molar-refractivity contribution in [3.05, 3.63) is 0 Å². The Morgan fingerprint density at radius 1 is 1.20 bits per heavy atom. The molecule has 2 unspecified atom stereocenters. The van der Waals surface area contributed by atoms with Crippen molar-refractivity contribution in [1.82, 2.24) is 0 Å². The van der Waals surface area contributed by atoms with Gasteiger partial charge in [-0.15, -0.1) is 0 Å². The Morgan fingerprint density at radius 2 is 1.87 bits per heavy atom. The highest BCUT2D eigenvalue weighted by molar-refractivity contribution is 8.00. The third-order valence-electron chi connectivity index (χ3n) is 4.40. The summed E-state index contributed by atoms with van der Waals surface area (Å²) in [5.41, 5.74) is 6.70. The third kappa shape index (κ3) is 2.71. The highest BCUT2D eigenvalue weighted by Crippen LogP contribution is 2.43. The van der Waals surface area contributed by atoms with Gasteiger partial charge in [-0.25, -0.2) is 0 Å². The minimum atomic E-state index is 0.382. The van der Waals surface area contributed by atoms with Gasteiger partial charge >= 0.3 is 0 Å². The molecule has 0 aliphatic heterocycles. The molecule has 0 bridgehead atoms. The Hall–Kier alpha value is 0.310. The zero-order valence-electron chi connectivity index (χ0n) is 10.2. The van der Waals surface area contributed by atoms with Crippen LogP contribution in [0.5, 0.6) is 0 Å². The summed E-state index contributed by atoms with van der Waals surface area (Å²) in [4.78, 5) is 0. The summed E-state index contributed by atoms with van der Waals surface area (Å²) in [6, 6.07) is 0.420. The van der Waals surface area contributed by atoms with Gasteiger partial charge in [0.1, 0.15) is 0 Å². The molecule has 2 rings (SSSR count). The monoisotopic (exact) mass is 227 g/mol. The van der Waals surface area contributed by atoms with Gasteiger partial charge in [0, 0.05) is 11.3 Å². The number of hydrogen-bond donors (Lipinski definition) is 1. The average molecular weight is 227 g/mol. The van der Waals surface area contributed by atoms with Gasteiger partial charge < -0.3 is 5.73 Å². The maximum absolute atomic E-state index is 6.32. The minimum absolute atomic E-state index is 0.382. The van der Waals surface area contributed by atoms with Crippen LogP contribution in [0.1, 0.15) is 52.4 Å². The summed E-state index contributed by atoms with van der Waals surface area (Å²) in [5.74, 6) is 2.37. The summed E-state index contributed by atoms with van der Waals surface area (Å²) in [6.07, 6.45) is 8.53. The Labute approximate surface area is 98.6 Å². The van der Waals surface area contributed by atoms with Gasteiger partial charge in [-0.05, 0) is 42.8 Å². The lowest BCUT2D eigenvalue weighted by molar-refractivity contribution is 0.334. The smallest absolute Gasteiger partial charge is 0.0211 e. The predicted molar refractivity (Wildman–Crippen MR) is 69.2 cm³/mol. The Kier molecular flexibility index (Phi) is 3.67. The summed E-state index contributed by atoms with van der Waals surface area (Å²) < 4.78 is 0. The molecule has 0 heterocycles. The summed E-state index contributed by atoms with van der Waals surface area (Å²) in [5, 5.41) is 0.737. The fourth-order valence-electron chi connectivity index (χ4n) is 2.99. The number of thioether (sulfide) groups is 1. The molecule has 0 amide bonds. The van der Waals surface area contributed by atoms with Crippen LogP contribution >= 0.6 is 11.8 Å². The van der Waals surface area contributed by atoms with Gasteiger partial charge in [0.15, 0.2) is 0 Å². The van der Waals surface area contributed by atoms with Gasteiger partial charge in [-0.3, -0.25) is 0 Å². The van der Waals surface area contributed by atoms with Crippen LogP contribution in [-0.4, -0.2) is 17.0 Å². The van der Waals surface area contributed by atoms with E-state index in [9.17, 15) is 0 Å². The van der Waals surface area contributed by atoms with E-state index < -0.39 is 0 Å². The topological polar surface area (TPSA) is 26.0 Å². The molecule has 2 aliphatic rings. The number of rotatable bonds is 3. The standard InChI is InChI=1S/C13H25NS/c1-13(2)8-7-11(12(13)14)15-9-10-5-3-4-6-10/h10-12H,3-9,14H2,1-2H3. The molecular weight excluding hydrogens is 202 g/mol. The van der Waals surface area contributed by atoms with Crippen molar-refractivity contribution in [3.8, 4) is 0 Å². The molecule has 2 heteroatoms. The van der Waals surface area contributed by atoms with E-state index in [0.29, 0.717) is 11.5 Å². The van der Waals surface area contributed by atoms with Crippen molar-refractivity contribution in [1.29, 1.82) is 0 Å². The van der Waals surface area contributed by atoms with Crippen molar-refractivity contribution < 1.29 is 0 Å². The van der Waals surface area contributed by atoms with Crippen LogP contribution in [0.15, 0.2) is 0 Å². The van der Waals surface area contributed by atoms with Crippen molar-refractivity contribution in [3.63, 3.8) is 0 Å². The zero-order chi connectivity index (χ0) is 10.9. The van der Waals surface area contributed by atoms with Gasteiger partial charge in [0.05, 0.1) is 0 Å².